The maximum absolute atomic E-state index is 12.3. The molecule has 1 aromatic carbocycles. The number of anilines is 1. The van der Waals surface area contributed by atoms with E-state index in [1.807, 2.05) is 29.2 Å². The number of methoxy groups -OCH3 is 1. The summed E-state index contributed by atoms with van der Waals surface area (Å²) in [4.78, 5) is 26.6. The first-order chi connectivity index (χ1) is 11.6. The molecule has 6 heteroatoms. The average Bonchev–Trinajstić information content (AvgIpc) is 3.05. The fourth-order valence-corrected chi connectivity index (χ4v) is 2.71. The molecule has 1 aliphatic heterocycles. The fourth-order valence-electron chi connectivity index (χ4n) is 2.71. The molecule has 0 bridgehead atoms. The molecule has 0 aromatic heterocycles. The minimum atomic E-state index is -0.633. The number of rotatable bonds is 6. The highest BCUT2D eigenvalue weighted by Crippen LogP contribution is 2.32. The topological polar surface area (TPSA) is 65.1 Å². The largest absolute Gasteiger partial charge is 0.497 e. The fraction of sp³-hybridized carbons (Fsp3) is 0.444. The van der Waals surface area contributed by atoms with E-state index in [1.165, 1.54) is 0 Å². The Morgan fingerprint density at radius 1 is 1.04 bits per heavy atom. The second-order valence-electron chi connectivity index (χ2n) is 5.22. The molecule has 0 atom stereocenters. The van der Waals surface area contributed by atoms with E-state index in [1.54, 1.807) is 21.0 Å². The summed E-state index contributed by atoms with van der Waals surface area (Å²) in [6, 6.07) is 7.50. The van der Waals surface area contributed by atoms with Gasteiger partial charge in [0.1, 0.15) is 5.75 Å². The summed E-state index contributed by atoms with van der Waals surface area (Å²) in [5, 5.41) is 0. The van der Waals surface area contributed by atoms with Gasteiger partial charge < -0.3 is 19.1 Å². The lowest BCUT2D eigenvalue weighted by Gasteiger charge is -2.22. The van der Waals surface area contributed by atoms with Crippen LogP contribution in [0.2, 0.25) is 0 Å². The number of carbonyl (C=O) groups excluding carboxylic acids is 2. The molecule has 0 N–H and O–H groups in total. The zero-order valence-electron chi connectivity index (χ0n) is 14.3. The van der Waals surface area contributed by atoms with Crippen LogP contribution in [0, 0.1) is 0 Å². The van der Waals surface area contributed by atoms with Gasteiger partial charge in [0.05, 0.1) is 20.3 Å². The van der Waals surface area contributed by atoms with E-state index in [0.717, 1.165) is 24.4 Å². The summed E-state index contributed by atoms with van der Waals surface area (Å²) in [6.07, 6.45) is 1.47. The number of nitrogens with zero attached hydrogens (tertiary/aromatic N) is 1. The van der Waals surface area contributed by atoms with E-state index in [4.69, 9.17) is 14.2 Å². The predicted molar refractivity (Wildman–Crippen MR) is 89.9 cm³/mol. The van der Waals surface area contributed by atoms with E-state index < -0.39 is 11.9 Å². The SMILES string of the molecule is CCOC(=O)C(C(=O)OCC)=C1CCCN1c1ccc(OC)cc1. The summed E-state index contributed by atoms with van der Waals surface area (Å²) < 4.78 is 15.3. The van der Waals surface area contributed by atoms with Crippen LogP contribution in [-0.4, -0.2) is 38.8 Å². The third-order valence-electron chi connectivity index (χ3n) is 3.75. The Labute approximate surface area is 142 Å². The van der Waals surface area contributed by atoms with Crippen LogP contribution in [0.4, 0.5) is 5.69 Å². The van der Waals surface area contributed by atoms with Gasteiger partial charge in [0, 0.05) is 17.9 Å². The second-order valence-corrected chi connectivity index (χ2v) is 5.22. The number of allylic oxidation sites excluding steroid dienone is 1. The van der Waals surface area contributed by atoms with Gasteiger partial charge in [-0.2, -0.15) is 0 Å². The first-order valence-electron chi connectivity index (χ1n) is 8.11. The smallest absolute Gasteiger partial charge is 0.347 e. The van der Waals surface area contributed by atoms with E-state index >= 15 is 0 Å². The van der Waals surface area contributed by atoms with Crippen LogP contribution in [0.5, 0.6) is 5.75 Å². The Balaban J connectivity index is 2.41. The van der Waals surface area contributed by atoms with Crippen molar-refractivity contribution in [3.63, 3.8) is 0 Å². The van der Waals surface area contributed by atoms with Crippen LogP contribution in [0.3, 0.4) is 0 Å². The summed E-state index contributed by atoms with van der Waals surface area (Å²) in [5.41, 5.74) is 1.54. The number of hydrogen-bond acceptors (Lipinski definition) is 6. The minimum Gasteiger partial charge on any atom is -0.497 e. The van der Waals surface area contributed by atoms with Gasteiger partial charge in [-0.25, -0.2) is 9.59 Å². The van der Waals surface area contributed by atoms with Crippen molar-refractivity contribution in [3.8, 4) is 5.75 Å². The molecule has 0 amide bonds. The van der Waals surface area contributed by atoms with Gasteiger partial charge in [0.25, 0.3) is 0 Å². The highest BCUT2D eigenvalue weighted by molar-refractivity contribution is 6.15. The molecular weight excluding hydrogens is 310 g/mol. The first-order valence-corrected chi connectivity index (χ1v) is 8.11. The number of benzene rings is 1. The van der Waals surface area contributed by atoms with Crippen molar-refractivity contribution < 1.29 is 23.8 Å². The third-order valence-corrected chi connectivity index (χ3v) is 3.75. The molecule has 1 aliphatic rings. The van der Waals surface area contributed by atoms with Crippen molar-refractivity contribution in [2.75, 3.05) is 31.8 Å². The highest BCUT2D eigenvalue weighted by Gasteiger charge is 2.32. The number of carbonyl (C=O) groups is 2. The Morgan fingerprint density at radius 3 is 2.12 bits per heavy atom. The molecule has 0 saturated carbocycles. The molecular formula is C18H23NO5. The Bertz CT molecular complexity index is 601. The predicted octanol–water partition coefficient (Wildman–Crippen LogP) is 2.68. The molecule has 24 heavy (non-hydrogen) atoms. The monoisotopic (exact) mass is 333 g/mol. The van der Waals surface area contributed by atoms with Gasteiger partial charge >= 0.3 is 11.9 Å². The lowest BCUT2D eigenvalue weighted by molar-refractivity contribution is -0.146. The molecule has 0 spiro atoms. The zero-order chi connectivity index (χ0) is 17.5. The van der Waals surface area contributed by atoms with Gasteiger partial charge in [-0.05, 0) is 51.0 Å². The van der Waals surface area contributed by atoms with Gasteiger partial charge in [0.2, 0.25) is 0 Å². The van der Waals surface area contributed by atoms with Crippen molar-refractivity contribution in [1.82, 2.24) is 0 Å². The molecule has 2 rings (SSSR count). The third kappa shape index (κ3) is 3.88. The molecule has 130 valence electrons. The molecule has 0 unspecified atom stereocenters. The van der Waals surface area contributed by atoms with Gasteiger partial charge in [0.15, 0.2) is 5.57 Å². The Kier molecular flexibility index (Phi) is 6.23. The van der Waals surface area contributed by atoms with Crippen molar-refractivity contribution in [2.45, 2.75) is 26.7 Å². The van der Waals surface area contributed by atoms with Gasteiger partial charge in [-0.3, -0.25) is 0 Å². The standard InChI is InChI=1S/C18H23NO5/c1-4-23-17(20)16(18(21)24-5-2)15-7-6-12-19(15)13-8-10-14(22-3)11-9-13/h8-11H,4-7,12H2,1-3H3. The molecule has 1 saturated heterocycles. The average molecular weight is 333 g/mol. The van der Waals surface area contributed by atoms with Crippen LogP contribution in [0.25, 0.3) is 0 Å². The van der Waals surface area contributed by atoms with Gasteiger partial charge in [-0.1, -0.05) is 0 Å². The molecule has 0 radical (unpaired) electrons. The Hall–Kier alpha value is -2.50. The van der Waals surface area contributed by atoms with Crippen molar-refractivity contribution in [2.24, 2.45) is 0 Å². The number of hydrogen-bond donors (Lipinski definition) is 0. The maximum atomic E-state index is 12.3. The van der Waals surface area contributed by atoms with Crippen LogP contribution in [0.15, 0.2) is 35.5 Å². The summed E-state index contributed by atoms with van der Waals surface area (Å²) in [5.74, 6) is -0.516. The first kappa shape index (κ1) is 17.8. The minimum absolute atomic E-state index is 0.00739. The van der Waals surface area contributed by atoms with Crippen LogP contribution >= 0.6 is 0 Å². The lowest BCUT2D eigenvalue weighted by Crippen LogP contribution is -2.26. The summed E-state index contributed by atoms with van der Waals surface area (Å²) in [6.45, 7) is 4.56. The number of esters is 2. The van der Waals surface area contributed by atoms with Gasteiger partial charge in [-0.15, -0.1) is 0 Å². The Morgan fingerprint density at radius 2 is 1.62 bits per heavy atom. The molecule has 0 aliphatic carbocycles. The zero-order valence-corrected chi connectivity index (χ0v) is 14.3. The van der Waals surface area contributed by atoms with E-state index in [9.17, 15) is 9.59 Å². The van der Waals surface area contributed by atoms with Crippen molar-refractivity contribution >= 4 is 17.6 Å². The second kappa shape index (κ2) is 8.38. The molecule has 1 heterocycles. The summed E-state index contributed by atoms with van der Waals surface area (Å²) >= 11 is 0. The lowest BCUT2D eigenvalue weighted by atomic mass is 10.1. The van der Waals surface area contributed by atoms with Crippen molar-refractivity contribution in [1.29, 1.82) is 0 Å². The van der Waals surface area contributed by atoms with Crippen LogP contribution in [0.1, 0.15) is 26.7 Å². The maximum Gasteiger partial charge on any atom is 0.347 e. The van der Waals surface area contributed by atoms with Crippen LogP contribution in [-0.2, 0) is 19.1 Å². The number of ether oxygens (including phenoxy) is 3. The van der Waals surface area contributed by atoms with E-state index in [2.05, 4.69) is 0 Å². The van der Waals surface area contributed by atoms with Crippen LogP contribution < -0.4 is 9.64 Å². The van der Waals surface area contributed by atoms with E-state index in [-0.39, 0.29) is 18.8 Å². The van der Waals surface area contributed by atoms with Crippen molar-refractivity contribution in [3.05, 3.63) is 35.5 Å². The normalized spacial score (nSPS) is 13.6. The molecule has 6 nitrogen and oxygen atoms in total. The molecule has 1 fully saturated rings. The van der Waals surface area contributed by atoms with E-state index in [0.29, 0.717) is 12.1 Å². The quantitative estimate of drug-likeness (QED) is 0.345. The highest BCUT2D eigenvalue weighted by atomic mass is 16.6. The molecule has 1 aromatic rings. The summed E-state index contributed by atoms with van der Waals surface area (Å²) in [7, 11) is 1.61.